The third kappa shape index (κ3) is 7.10. The molecule has 0 saturated carbocycles. The van der Waals surface area contributed by atoms with Crippen molar-refractivity contribution in [1.82, 2.24) is 5.43 Å². The van der Waals surface area contributed by atoms with Gasteiger partial charge in [-0.1, -0.05) is 18.2 Å². The predicted molar refractivity (Wildman–Crippen MR) is 123 cm³/mol. The van der Waals surface area contributed by atoms with Gasteiger partial charge in [0.1, 0.15) is 11.5 Å². The summed E-state index contributed by atoms with van der Waals surface area (Å²) in [6, 6.07) is 20.6. The number of carbonyl (C=O) groups excluding carboxylic acids is 2. The van der Waals surface area contributed by atoms with Crippen LogP contribution in [0, 0.1) is 0 Å². The van der Waals surface area contributed by atoms with Crippen LogP contribution >= 0.6 is 0 Å². The van der Waals surface area contributed by atoms with E-state index in [-0.39, 0.29) is 12.4 Å². The van der Waals surface area contributed by atoms with Crippen molar-refractivity contribution in [2.24, 2.45) is 5.10 Å². The molecular formula is C25H24N2O6. The van der Waals surface area contributed by atoms with Gasteiger partial charge in [0.25, 0.3) is 5.91 Å². The van der Waals surface area contributed by atoms with E-state index in [2.05, 4.69) is 10.5 Å². The Kier molecular flexibility index (Phi) is 8.41. The maximum absolute atomic E-state index is 12.4. The van der Waals surface area contributed by atoms with Gasteiger partial charge in [-0.15, -0.1) is 0 Å². The number of carbonyl (C=O) groups is 2. The summed E-state index contributed by atoms with van der Waals surface area (Å²) in [7, 11) is 1.47. The number of esters is 1. The van der Waals surface area contributed by atoms with Gasteiger partial charge in [-0.2, -0.15) is 5.10 Å². The van der Waals surface area contributed by atoms with Crippen LogP contribution in [0.2, 0.25) is 0 Å². The first kappa shape index (κ1) is 23.3. The number of rotatable bonds is 10. The summed E-state index contributed by atoms with van der Waals surface area (Å²) in [5.74, 6) is 0.947. The van der Waals surface area contributed by atoms with Crippen LogP contribution < -0.4 is 24.4 Å². The van der Waals surface area contributed by atoms with Crippen LogP contribution in [-0.4, -0.2) is 38.4 Å². The van der Waals surface area contributed by atoms with E-state index in [9.17, 15) is 9.59 Å². The zero-order valence-electron chi connectivity index (χ0n) is 18.3. The molecule has 0 aliphatic heterocycles. The molecule has 0 bridgehead atoms. The van der Waals surface area contributed by atoms with Gasteiger partial charge < -0.3 is 18.9 Å². The summed E-state index contributed by atoms with van der Waals surface area (Å²) in [5, 5.41) is 3.91. The first-order valence-electron chi connectivity index (χ1n) is 10.2. The zero-order chi connectivity index (χ0) is 23.5. The molecule has 0 saturated heterocycles. The van der Waals surface area contributed by atoms with Gasteiger partial charge in [0.15, 0.2) is 18.1 Å². The number of amides is 1. The van der Waals surface area contributed by atoms with Crippen molar-refractivity contribution in [3.8, 4) is 23.0 Å². The first-order valence-corrected chi connectivity index (χ1v) is 10.2. The summed E-state index contributed by atoms with van der Waals surface area (Å²) < 4.78 is 21.5. The average Bonchev–Trinajstić information content (AvgIpc) is 2.85. The molecule has 3 aromatic carbocycles. The number of nitrogens with zero attached hydrogens (tertiary/aromatic N) is 1. The molecule has 3 rings (SSSR count). The largest absolute Gasteiger partial charge is 0.494 e. The lowest BCUT2D eigenvalue weighted by molar-refractivity contribution is -0.123. The van der Waals surface area contributed by atoms with Crippen LogP contribution in [0.5, 0.6) is 23.0 Å². The van der Waals surface area contributed by atoms with Crippen molar-refractivity contribution < 1.29 is 28.5 Å². The lowest BCUT2D eigenvalue weighted by Crippen LogP contribution is -2.24. The molecule has 0 aliphatic rings. The molecule has 0 radical (unpaired) electrons. The Morgan fingerprint density at radius 3 is 2.33 bits per heavy atom. The predicted octanol–water partition coefficient (Wildman–Crippen LogP) is 3.84. The summed E-state index contributed by atoms with van der Waals surface area (Å²) >= 11 is 0. The van der Waals surface area contributed by atoms with Crippen molar-refractivity contribution in [1.29, 1.82) is 0 Å². The molecule has 0 heterocycles. The van der Waals surface area contributed by atoms with E-state index in [1.54, 1.807) is 54.6 Å². The molecule has 8 heteroatoms. The number of hydrazone groups is 1. The van der Waals surface area contributed by atoms with Crippen LogP contribution in [0.15, 0.2) is 77.9 Å². The van der Waals surface area contributed by atoms with E-state index >= 15 is 0 Å². The number of ether oxygens (including phenoxy) is 4. The minimum absolute atomic E-state index is 0.162. The molecular weight excluding hydrogens is 424 g/mol. The third-order valence-corrected chi connectivity index (χ3v) is 4.31. The number of nitrogens with one attached hydrogen (secondary N) is 1. The maximum Gasteiger partial charge on any atom is 0.343 e. The summed E-state index contributed by atoms with van der Waals surface area (Å²) in [4.78, 5) is 24.3. The molecule has 1 N–H and O–H groups in total. The number of hydrogen-bond donors (Lipinski definition) is 1. The Bertz CT molecular complexity index is 1100. The Morgan fingerprint density at radius 2 is 1.64 bits per heavy atom. The lowest BCUT2D eigenvalue weighted by atomic mass is 10.2. The molecule has 3 aromatic rings. The molecule has 1 amide bonds. The van der Waals surface area contributed by atoms with Crippen molar-refractivity contribution in [3.05, 3.63) is 83.9 Å². The van der Waals surface area contributed by atoms with Crippen LogP contribution in [0.4, 0.5) is 0 Å². The number of methoxy groups -OCH3 is 1. The Labute approximate surface area is 191 Å². The molecule has 0 fully saturated rings. The van der Waals surface area contributed by atoms with Gasteiger partial charge in [0.05, 0.1) is 25.5 Å². The maximum atomic E-state index is 12.4. The van der Waals surface area contributed by atoms with Crippen LogP contribution in [-0.2, 0) is 4.79 Å². The summed E-state index contributed by atoms with van der Waals surface area (Å²) in [5.41, 5.74) is 3.41. The van der Waals surface area contributed by atoms with Gasteiger partial charge in [0, 0.05) is 0 Å². The topological polar surface area (TPSA) is 95.5 Å². The van der Waals surface area contributed by atoms with Crippen molar-refractivity contribution in [3.63, 3.8) is 0 Å². The Balaban J connectivity index is 1.56. The highest BCUT2D eigenvalue weighted by molar-refractivity contribution is 5.92. The summed E-state index contributed by atoms with van der Waals surface area (Å²) in [6.07, 6.45) is 1.45. The number of benzene rings is 3. The molecule has 8 nitrogen and oxygen atoms in total. The van der Waals surface area contributed by atoms with Gasteiger partial charge in [-0.25, -0.2) is 10.2 Å². The van der Waals surface area contributed by atoms with E-state index in [1.807, 2.05) is 25.1 Å². The molecule has 170 valence electrons. The number of para-hydroxylation sites is 1. The highest BCUT2D eigenvalue weighted by atomic mass is 16.6. The fraction of sp³-hybridized carbons (Fsp3) is 0.160. The van der Waals surface area contributed by atoms with Gasteiger partial charge in [-0.05, 0) is 67.1 Å². The summed E-state index contributed by atoms with van der Waals surface area (Å²) in [6.45, 7) is 2.27. The first-order chi connectivity index (χ1) is 16.1. The highest BCUT2D eigenvalue weighted by Crippen LogP contribution is 2.28. The van der Waals surface area contributed by atoms with Crippen molar-refractivity contribution in [2.45, 2.75) is 6.92 Å². The van der Waals surface area contributed by atoms with Gasteiger partial charge >= 0.3 is 5.97 Å². The van der Waals surface area contributed by atoms with Crippen molar-refractivity contribution in [2.75, 3.05) is 20.3 Å². The zero-order valence-corrected chi connectivity index (χ0v) is 18.3. The average molecular weight is 448 g/mol. The molecule has 0 aliphatic carbocycles. The second-order valence-corrected chi connectivity index (χ2v) is 6.65. The standard InChI is InChI=1S/C25H24N2O6/c1-3-31-21-12-10-19(11-13-21)25(29)33-22-14-9-18(15-23(22)30-2)16-26-27-24(28)17-32-20-7-5-4-6-8-20/h4-16H,3,17H2,1-2H3,(H,27,28)/b26-16-. The highest BCUT2D eigenvalue weighted by Gasteiger charge is 2.13. The smallest absolute Gasteiger partial charge is 0.343 e. The minimum Gasteiger partial charge on any atom is -0.494 e. The van der Waals surface area contributed by atoms with E-state index < -0.39 is 11.9 Å². The van der Waals surface area contributed by atoms with E-state index in [0.717, 1.165) is 0 Å². The lowest BCUT2D eigenvalue weighted by Gasteiger charge is -2.10. The van der Waals surface area contributed by atoms with Crippen LogP contribution in [0.1, 0.15) is 22.8 Å². The second-order valence-electron chi connectivity index (χ2n) is 6.65. The third-order valence-electron chi connectivity index (χ3n) is 4.31. The monoisotopic (exact) mass is 448 g/mol. The van der Waals surface area contributed by atoms with E-state index in [1.165, 1.54) is 13.3 Å². The van der Waals surface area contributed by atoms with Gasteiger partial charge in [-0.3, -0.25) is 4.79 Å². The quantitative estimate of drug-likeness (QED) is 0.219. The fourth-order valence-corrected chi connectivity index (χ4v) is 2.74. The van der Waals surface area contributed by atoms with E-state index in [4.69, 9.17) is 18.9 Å². The molecule has 0 unspecified atom stereocenters. The molecule has 0 atom stereocenters. The van der Waals surface area contributed by atoms with Crippen LogP contribution in [0.3, 0.4) is 0 Å². The Morgan fingerprint density at radius 1 is 0.909 bits per heavy atom. The van der Waals surface area contributed by atoms with Crippen molar-refractivity contribution >= 4 is 18.1 Å². The minimum atomic E-state index is -0.525. The Hall–Kier alpha value is -4.33. The fourth-order valence-electron chi connectivity index (χ4n) is 2.74. The normalized spacial score (nSPS) is 10.5. The van der Waals surface area contributed by atoms with Crippen LogP contribution in [0.25, 0.3) is 0 Å². The van der Waals surface area contributed by atoms with Gasteiger partial charge in [0.2, 0.25) is 0 Å². The molecule has 0 spiro atoms. The van der Waals surface area contributed by atoms with E-state index in [0.29, 0.717) is 35.0 Å². The second kappa shape index (κ2) is 11.9. The molecule has 0 aromatic heterocycles. The molecule has 33 heavy (non-hydrogen) atoms. The number of hydrogen-bond acceptors (Lipinski definition) is 7. The SMILES string of the molecule is CCOc1ccc(C(=O)Oc2ccc(/C=N\NC(=O)COc3ccccc3)cc2OC)cc1.